The zero-order valence-corrected chi connectivity index (χ0v) is 10.7. The van der Waals surface area contributed by atoms with Gasteiger partial charge in [0.25, 0.3) is 0 Å². The molecule has 1 fully saturated rings. The van der Waals surface area contributed by atoms with Gasteiger partial charge in [0.15, 0.2) is 0 Å². The van der Waals surface area contributed by atoms with Crippen molar-refractivity contribution in [3.05, 3.63) is 11.8 Å². The van der Waals surface area contributed by atoms with Gasteiger partial charge in [0.05, 0.1) is 6.61 Å². The number of aromatic nitrogens is 2. The van der Waals surface area contributed by atoms with E-state index in [1.54, 1.807) is 0 Å². The molecule has 0 aliphatic carbocycles. The summed E-state index contributed by atoms with van der Waals surface area (Å²) in [6, 6.07) is 0.371. The fourth-order valence-electron chi connectivity index (χ4n) is 1.99. The third-order valence-corrected chi connectivity index (χ3v) is 3.23. The highest BCUT2D eigenvalue weighted by atomic mass is 16.5. The molecule has 0 amide bonds. The fraction of sp³-hybridized carbons (Fsp3) is 0.667. The van der Waals surface area contributed by atoms with E-state index in [0.29, 0.717) is 17.9 Å². The smallest absolute Gasteiger partial charge is 0.224 e. The minimum Gasteiger partial charge on any atom is -0.381 e. The SMILES string of the molecule is CNc1ncc(C)c(NC(C)C2CCOC2)n1. The Morgan fingerprint density at radius 2 is 2.35 bits per heavy atom. The molecule has 1 aliphatic heterocycles. The molecule has 2 rings (SSSR count). The third kappa shape index (κ3) is 2.85. The second-order valence-corrected chi connectivity index (χ2v) is 4.53. The lowest BCUT2D eigenvalue weighted by Gasteiger charge is -2.21. The lowest BCUT2D eigenvalue weighted by Crippen LogP contribution is -2.27. The number of hydrogen-bond acceptors (Lipinski definition) is 5. The second-order valence-electron chi connectivity index (χ2n) is 4.53. The Kier molecular flexibility index (Phi) is 3.78. The lowest BCUT2D eigenvalue weighted by atomic mass is 10.0. The summed E-state index contributed by atoms with van der Waals surface area (Å²) >= 11 is 0. The molecule has 1 aromatic heterocycles. The van der Waals surface area contributed by atoms with Crippen molar-refractivity contribution in [2.24, 2.45) is 5.92 Å². The zero-order valence-electron chi connectivity index (χ0n) is 10.7. The van der Waals surface area contributed by atoms with Crippen LogP contribution in [0.1, 0.15) is 18.9 Å². The highest BCUT2D eigenvalue weighted by Crippen LogP contribution is 2.21. The Bertz CT molecular complexity index is 377. The van der Waals surface area contributed by atoms with E-state index in [1.807, 2.05) is 20.2 Å². The monoisotopic (exact) mass is 236 g/mol. The Balaban J connectivity index is 2.06. The van der Waals surface area contributed by atoms with Crippen molar-refractivity contribution in [3.8, 4) is 0 Å². The van der Waals surface area contributed by atoms with Gasteiger partial charge in [0.1, 0.15) is 5.82 Å². The van der Waals surface area contributed by atoms with Crippen LogP contribution in [0.4, 0.5) is 11.8 Å². The van der Waals surface area contributed by atoms with Crippen molar-refractivity contribution >= 4 is 11.8 Å². The number of nitrogens with zero attached hydrogens (tertiary/aromatic N) is 2. The van der Waals surface area contributed by atoms with Gasteiger partial charge < -0.3 is 15.4 Å². The van der Waals surface area contributed by atoms with Gasteiger partial charge >= 0.3 is 0 Å². The summed E-state index contributed by atoms with van der Waals surface area (Å²) in [7, 11) is 1.82. The highest BCUT2D eigenvalue weighted by Gasteiger charge is 2.22. The standard InChI is InChI=1S/C12H20N4O/c1-8-6-14-12(13-3)16-11(8)15-9(2)10-4-5-17-7-10/h6,9-10H,4-5,7H2,1-3H3,(H2,13,14,15,16). The number of hydrogen-bond donors (Lipinski definition) is 2. The lowest BCUT2D eigenvalue weighted by molar-refractivity contribution is 0.183. The molecule has 0 radical (unpaired) electrons. The van der Waals surface area contributed by atoms with Crippen LogP contribution in [0.3, 0.4) is 0 Å². The molecule has 1 saturated heterocycles. The van der Waals surface area contributed by atoms with Gasteiger partial charge in [0.2, 0.25) is 5.95 Å². The van der Waals surface area contributed by atoms with E-state index >= 15 is 0 Å². The predicted molar refractivity (Wildman–Crippen MR) is 68.3 cm³/mol. The topological polar surface area (TPSA) is 59.1 Å². The van der Waals surface area contributed by atoms with Crippen LogP contribution < -0.4 is 10.6 Å². The van der Waals surface area contributed by atoms with Crippen LogP contribution in [0.25, 0.3) is 0 Å². The van der Waals surface area contributed by atoms with E-state index in [2.05, 4.69) is 27.5 Å². The van der Waals surface area contributed by atoms with Crippen molar-refractivity contribution in [2.45, 2.75) is 26.3 Å². The Morgan fingerprint density at radius 1 is 1.53 bits per heavy atom. The molecule has 2 N–H and O–H groups in total. The number of anilines is 2. The first-order chi connectivity index (χ1) is 8.20. The van der Waals surface area contributed by atoms with Crippen LogP contribution in [0, 0.1) is 12.8 Å². The molecule has 0 bridgehead atoms. The Labute approximate surface area is 102 Å². The molecule has 17 heavy (non-hydrogen) atoms. The summed E-state index contributed by atoms with van der Waals surface area (Å²) in [5.74, 6) is 2.12. The van der Waals surface area contributed by atoms with Crippen molar-refractivity contribution in [2.75, 3.05) is 30.9 Å². The number of nitrogens with one attached hydrogen (secondary N) is 2. The molecule has 1 aromatic rings. The molecular formula is C12H20N4O. The minimum absolute atomic E-state index is 0.371. The summed E-state index contributed by atoms with van der Waals surface area (Å²) in [5.41, 5.74) is 1.06. The molecule has 2 heterocycles. The summed E-state index contributed by atoms with van der Waals surface area (Å²) in [4.78, 5) is 8.60. The maximum atomic E-state index is 5.41. The van der Waals surface area contributed by atoms with Crippen LogP contribution in [-0.2, 0) is 4.74 Å². The average molecular weight is 236 g/mol. The maximum Gasteiger partial charge on any atom is 0.224 e. The highest BCUT2D eigenvalue weighted by molar-refractivity contribution is 5.46. The maximum absolute atomic E-state index is 5.41. The minimum atomic E-state index is 0.371. The van der Waals surface area contributed by atoms with E-state index < -0.39 is 0 Å². The van der Waals surface area contributed by atoms with Crippen molar-refractivity contribution < 1.29 is 4.74 Å². The van der Waals surface area contributed by atoms with E-state index in [1.165, 1.54) is 0 Å². The number of rotatable bonds is 4. The Hall–Kier alpha value is -1.36. The molecule has 1 aliphatic rings. The average Bonchev–Trinajstić information content (AvgIpc) is 2.85. The molecule has 0 saturated carbocycles. The van der Waals surface area contributed by atoms with Gasteiger partial charge in [-0.2, -0.15) is 4.98 Å². The number of aryl methyl sites for hydroxylation is 1. The van der Waals surface area contributed by atoms with Crippen LogP contribution in [0.5, 0.6) is 0 Å². The van der Waals surface area contributed by atoms with E-state index in [4.69, 9.17) is 4.74 Å². The van der Waals surface area contributed by atoms with Gasteiger partial charge in [0, 0.05) is 37.4 Å². The van der Waals surface area contributed by atoms with Gasteiger partial charge in [-0.15, -0.1) is 0 Å². The summed E-state index contributed by atoms with van der Waals surface area (Å²) in [6.07, 6.45) is 2.95. The second kappa shape index (κ2) is 5.31. The van der Waals surface area contributed by atoms with Crippen LogP contribution in [-0.4, -0.2) is 36.3 Å². The van der Waals surface area contributed by atoms with Crippen molar-refractivity contribution in [1.82, 2.24) is 9.97 Å². The quantitative estimate of drug-likeness (QED) is 0.832. The predicted octanol–water partition coefficient (Wildman–Crippen LogP) is 1.66. The largest absolute Gasteiger partial charge is 0.381 e. The van der Waals surface area contributed by atoms with Crippen molar-refractivity contribution in [1.29, 1.82) is 0 Å². The normalized spacial score (nSPS) is 21.2. The molecule has 0 spiro atoms. The van der Waals surface area contributed by atoms with Gasteiger partial charge in [-0.3, -0.25) is 0 Å². The van der Waals surface area contributed by atoms with Gasteiger partial charge in [-0.1, -0.05) is 0 Å². The summed E-state index contributed by atoms with van der Waals surface area (Å²) in [6.45, 7) is 5.91. The van der Waals surface area contributed by atoms with Crippen LogP contribution in [0.15, 0.2) is 6.20 Å². The molecular weight excluding hydrogens is 216 g/mol. The fourth-order valence-corrected chi connectivity index (χ4v) is 1.99. The molecule has 0 aromatic carbocycles. The first kappa shape index (κ1) is 12.1. The molecule has 5 heteroatoms. The van der Waals surface area contributed by atoms with Crippen molar-refractivity contribution in [3.63, 3.8) is 0 Å². The molecule has 5 nitrogen and oxygen atoms in total. The molecule has 94 valence electrons. The third-order valence-electron chi connectivity index (χ3n) is 3.23. The zero-order chi connectivity index (χ0) is 12.3. The Morgan fingerprint density at radius 3 is 3.00 bits per heavy atom. The molecule has 2 unspecified atom stereocenters. The van der Waals surface area contributed by atoms with Gasteiger partial charge in [-0.25, -0.2) is 4.98 Å². The van der Waals surface area contributed by atoms with E-state index in [-0.39, 0.29) is 0 Å². The van der Waals surface area contributed by atoms with Gasteiger partial charge in [-0.05, 0) is 20.3 Å². The first-order valence-corrected chi connectivity index (χ1v) is 6.06. The molecule has 2 atom stereocenters. The summed E-state index contributed by atoms with van der Waals surface area (Å²) < 4.78 is 5.41. The summed E-state index contributed by atoms with van der Waals surface area (Å²) in [5, 5.41) is 6.41. The first-order valence-electron chi connectivity index (χ1n) is 6.06. The van der Waals surface area contributed by atoms with E-state index in [9.17, 15) is 0 Å². The van der Waals surface area contributed by atoms with Crippen LogP contribution in [0.2, 0.25) is 0 Å². The van der Waals surface area contributed by atoms with E-state index in [0.717, 1.165) is 31.0 Å². The number of ether oxygens (including phenoxy) is 1. The van der Waals surface area contributed by atoms with Crippen LogP contribution >= 0.6 is 0 Å².